The van der Waals surface area contributed by atoms with Crippen LogP contribution in [0.5, 0.6) is 0 Å². The lowest BCUT2D eigenvalue weighted by Gasteiger charge is -2.07. The van der Waals surface area contributed by atoms with Crippen LogP contribution in [0.25, 0.3) is 0 Å². The van der Waals surface area contributed by atoms with Crippen LogP contribution in [-0.4, -0.2) is 25.3 Å². The zero-order valence-corrected chi connectivity index (χ0v) is 6.37. The summed E-state index contributed by atoms with van der Waals surface area (Å²) in [6.45, 7) is 0. The van der Waals surface area contributed by atoms with E-state index in [-0.39, 0.29) is 18.2 Å². The molecule has 0 aromatic rings. The minimum Gasteiger partial charge on any atom is -0.466 e. The molecule has 2 aliphatic rings. The minimum atomic E-state index is -0.239. The maximum Gasteiger partial charge on any atom is 0.336 e. The largest absolute Gasteiger partial charge is 0.466 e. The fourth-order valence-electron chi connectivity index (χ4n) is 1.64. The van der Waals surface area contributed by atoms with Crippen molar-refractivity contribution < 1.29 is 14.3 Å². The molecule has 0 N–H and O–H groups in total. The highest BCUT2D eigenvalue weighted by atomic mass is 16.5. The van der Waals surface area contributed by atoms with Crippen LogP contribution in [0.3, 0.4) is 0 Å². The normalized spacial score (nSPS) is 33.7. The zero-order chi connectivity index (χ0) is 7.84. The third-order valence-corrected chi connectivity index (χ3v) is 2.19. The van der Waals surface area contributed by atoms with E-state index in [1.54, 1.807) is 0 Å². The lowest BCUT2D eigenvalue weighted by atomic mass is 10.00. The van der Waals surface area contributed by atoms with Crippen LogP contribution in [0, 0.1) is 0 Å². The quantitative estimate of drug-likeness (QED) is 0.520. The first-order valence-corrected chi connectivity index (χ1v) is 3.77. The predicted octanol–water partition coefficient (Wildman–Crippen LogP) is 0.647. The molecule has 3 heteroatoms. The molecule has 2 aliphatic heterocycles. The number of carbonyl (C=O) groups is 1. The first-order valence-electron chi connectivity index (χ1n) is 3.77. The van der Waals surface area contributed by atoms with E-state index in [9.17, 15) is 4.79 Å². The molecule has 0 aromatic heterocycles. The summed E-state index contributed by atoms with van der Waals surface area (Å²) in [5, 5.41) is 0. The van der Waals surface area contributed by atoms with Crippen LogP contribution in [0.1, 0.15) is 12.8 Å². The van der Waals surface area contributed by atoms with E-state index in [1.807, 2.05) is 6.08 Å². The lowest BCUT2D eigenvalue weighted by molar-refractivity contribution is -0.137. The molecule has 0 spiro atoms. The number of ether oxygens (including phenoxy) is 2. The van der Waals surface area contributed by atoms with Gasteiger partial charge in [-0.05, 0) is 18.9 Å². The van der Waals surface area contributed by atoms with Gasteiger partial charge < -0.3 is 9.47 Å². The smallest absolute Gasteiger partial charge is 0.336 e. The summed E-state index contributed by atoms with van der Waals surface area (Å²) in [4.78, 5) is 11.0. The van der Waals surface area contributed by atoms with Gasteiger partial charge in [0.1, 0.15) is 0 Å². The molecule has 0 aliphatic carbocycles. The average Bonchev–Trinajstić information content (AvgIpc) is 2.62. The van der Waals surface area contributed by atoms with E-state index in [0.29, 0.717) is 5.57 Å². The number of esters is 1. The Morgan fingerprint density at radius 2 is 2.55 bits per heavy atom. The second-order valence-electron chi connectivity index (χ2n) is 2.85. The van der Waals surface area contributed by atoms with E-state index in [0.717, 1.165) is 12.8 Å². The molecule has 2 heterocycles. The summed E-state index contributed by atoms with van der Waals surface area (Å²) in [7, 11) is 1.40. The Morgan fingerprint density at radius 1 is 1.73 bits per heavy atom. The van der Waals surface area contributed by atoms with Crippen molar-refractivity contribution >= 4 is 5.97 Å². The molecule has 0 saturated carbocycles. The minimum absolute atomic E-state index is 0.0208. The topological polar surface area (TPSA) is 35.5 Å². The fraction of sp³-hybridized carbons (Fsp3) is 0.625. The van der Waals surface area contributed by atoms with Crippen molar-refractivity contribution in [2.75, 3.05) is 7.11 Å². The van der Waals surface area contributed by atoms with Crippen molar-refractivity contribution in [2.24, 2.45) is 0 Å². The summed E-state index contributed by atoms with van der Waals surface area (Å²) in [5.74, 6) is -0.239. The maximum atomic E-state index is 11.0. The monoisotopic (exact) mass is 154 g/mol. The van der Waals surface area contributed by atoms with E-state index in [4.69, 9.17) is 4.74 Å². The van der Waals surface area contributed by atoms with Crippen LogP contribution in [0.4, 0.5) is 0 Å². The molecule has 1 fully saturated rings. The number of carbonyl (C=O) groups excluding carboxylic acids is 1. The van der Waals surface area contributed by atoms with Gasteiger partial charge in [-0.25, -0.2) is 4.79 Å². The first-order chi connectivity index (χ1) is 5.31. The van der Waals surface area contributed by atoms with Crippen molar-refractivity contribution in [3.8, 4) is 0 Å². The van der Waals surface area contributed by atoms with E-state index >= 15 is 0 Å². The number of hydrogen-bond acceptors (Lipinski definition) is 3. The second-order valence-corrected chi connectivity index (χ2v) is 2.85. The highest BCUT2D eigenvalue weighted by Gasteiger charge is 2.37. The Morgan fingerprint density at radius 3 is 3.00 bits per heavy atom. The Hall–Kier alpha value is -0.830. The zero-order valence-electron chi connectivity index (χ0n) is 6.37. The molecule has 2 atom stereocenters. The average molecular weight is 154 g/mol. The van der Waals surface area contributed by atoms with Gasteiger partial charge in [0.05, 0.1) is 24.9 Å². The molecule has 0 aromatic carbocycles. The molecule has 1 saturated heterocycles. The molecule has 60 valence electrons. The van der Waals surface area contributed by atoms with Gasteiger partial charge in [-0.2, -0.15) is 0 Å². The first kappa shape index (κ1) is 6.85. The van der Waals surface area contributed by atoms with Gasteiger partial charge in [-0.1, -0.05) is 0 Å². The molecule has 0 unspecified atom stereocenters. The molecule has 0 amide bonds. The van der Waals surface area contributed by atoms with Crippen molar-refractivity contribution in [1.29, 1.82) is 0 Å². The van der Waals surface area contributed by atoms with Crippen LogP contribution in [-0.2, 0) is 14.3 Å². The fourth-order valence-corrected chi connectivity index (χ4v) is 1.64. The van der Waals surface area contributed by atoms with Crippen LogP contribution in [0.15, 0.2) is 11.6 Å². The van der Waals surface area contributed by atoms with E-state index < -0.39 is 0 Å². The van der Waals surface area contributed by atoms with Crippen molar-refractivity contribution in [1.82, 2.24) is 0 Å². The van der Waals surface area contributed by atoms with Crippen molar-refractivity contribution in [3.05, 3.63) is 11.6 Å². The molecule has 2 rings (SSSR count). The standard InChI is InChI=1S/C8H10O3/c1-10-8(9)6-4-5-2-3-7(6)11-5/h4-5,7H,2-3H2,1H3/t5-,7+/m0/s1. The van der Waals surface area contributed by atoms with Crippen molar-refractivity contribution in [2.45, 2.75) is 25.0 Å². The Balaban J connectivity index is 2.16. The van der Waals surface area contributed by atoms with Crippen molar-refractivity contribution in [3.63, 3.8) is 0 Å². The highest BCUT2D eigenvalue weighted by Crippen LogP contribution is 2.33. The molecule has 3 nitrogen and oxygen atoms in total. The number of hydrogen-bond donors (Lipinski definition) is 0. The number of fused-ring (bicyclic) bond motifs is 2. The van der Waals surface area contributed by atoms with Gasteiger partial charge >= 0.3 is 5.97 Å². The molecular formula is C8H10O3. The predicted molar refractivity (Wildman–Crippen MR) is 38.0 cm³/mol. The molecule has 11 heavy (non-hydrogen) atoms. The Kier molecular flexibility index (Phi) is 1.46. The summed E-state index contributed by atoms with van der Waals surface area (Å²) in [6.07, 6.45) is 4.08. The molecule has 2 bridgehead atoms. The van der Waals surface area contributed by atoms with E-state index in [2.05, 4.69) is 4.74 Å². The van der Waals surface area contributed by atoms with Crippen LogP contribution < -0.4 is 0 Å². The SMILES string of the molecule is COC(=O)C1=C[C@@H]2CC[C@H]1O2. The van der Waals surface area contributed by atoms with Gasteiger partial charge in [0, 0.05) is 0 Å². The second kappa shape index (κ2) is 2.34. The third-order valence-electron chi connectivity index (χ3n) is 2.19. The summed E-state index contributed by atoms with van der Waals surface area (Å²) >= 11 is 0. The number of rotatable bonds is 1. The van der Waals surface area contributed by atoms with Crippen LogP contribution >= 0.6 is 0 Å². The summed E-state index contributed by atoms with van der Waals surface area (Å²) in [5.41, 5.74) is 0.712. The van der Waals surface area contributed by atoms with Gasteiger partial charge in [0.25, 0.3) is 0 Å². The van der Waals surface area contributed by atoms with Gasteiger partial charge in [0.2, 0.25) is 0 Å². The molecule has 0 radical (unpaired) electrons. The lowest BCUT2D eigenvalue weighted by Crippen LogP contribution is -2.15. The third kappa shape index (κ3) is 0.959. The number of methoxy groups -OCH3 is 1. The highest BCUT2D eigenvalue weighted by molar-refractivity contribution is 5.90. The van der Waals surface area contributed by atoms with Gasteiger partial charge in [-0.15, -0.1) is 0 Å². The van der Waals surface area contributed by atoms with Crippen LogP contribution in [0.2, 0.25) is 0 Å². The summed E-state index contributed by atoms with van der Waals surface area (Å²) in [6, 6.07) is 0. The van der Waals surface area contributed by atoms with Gasteiger partial charge in [0.15, 0.2) is 0 Å². The molecular weight excluding hydrogens is 144 g/mol. The summed E-state index contributed by atoms with van der Waals surface area (Å²) < 4.78 is 10.0. The Labute approximate surface area is 65.0 Å². The van der Waals surface area contributed by atoms with Gasteiger partial charge in [-0.3, -0.25) is 0 Å². The van der Waals surface area contributed by atoms with E-state index in [1.165, 1.54) is 7.11 Å². The Bertz CT molecular complexity index is 219. The maximum absolute atomic E-state index is 11.0.